The van der Waals surface area contributed by atoms with Crippen molar-refractivity contribution < 1.29 is 9.47 Å². The van der Waals surface area contributed by atoms with Crippen molar-refractivity contribution in [1.82, 2.24) is 14.6 Å². The Bertz CT molecular complexity index is 1090. The standard InChI is InChI=1S/C21H20N4O2/c1-14-11-20(23-16-7-5-4-6-8-16)25-21(22-14)13-17(24-25)15-9-10-18(26-2)19(12-15)27-3/h4-13,23H,1-3H3. The Morgan fingerprint density at radius 2 is 1.67 bits per heavy atom. The summed E-state index contributed by atoms with van der Waals surface area (Å²) in [6, 6.07) is 19.7. The predicted octanol–water partition coefficient (Wildman–Crippen LogP) is 4.47. The third kappa shape index (κ3) is 3.29. The number of hydrogen-bond donors (Lipinski definition) is 1. The third-order valence-corrected chi connectivity index (χ3v) is 4.28. The molecular weight excluding hydrogens is 340 g/mol. The van der Waals surface area contributed by atoms with E-state index in [0.717, 1.165) is 34.1 Å². The maximum Gasteiger partial charge on any atom is 0.161 e. The quantitative estimate of drug-likeness (QED) is 0.569. The van der Waals surface area contributed by atoms with E-state index in [1.54, 1.807) is 14.2 Å². The smallest absolute Gasteiger partial charge is 0.161 e. The zero-order valence-corrected chi connectivity index (χ0v) is 15.4. The molecule has 0 spiro atoms. The average Bonchev–Trinajstić information content (AvgIpc) is 3.12. The van der Waals surface area contributed by atoms with Crippen LogP contribution in [-0.2, 0) is 0 Å². The van der Waals surface area contributed by atoms with Crippen molar-refractivity contribution in [2.75, 3.05) is 19.5 Å². The van der Waals surface area contributed by atoms with Crippen molar-refractivity contribution in [3.63, 3.8) is 0 Å². The van der Waals surface area contributed by atoms with Gasteiger partial charge in [0.25, 0.3) is 0 Å². The highest BCUT2D eigenvalue weighted by molar-refractivity contribution is 5.69. The maximum absolute atomic E-state index is 5.41. The molecule has 0 bridgehead atoms. The molecule has 0 aliphatic rings. The molecule has 2 heterocycles. The molecular formula is C21H20N4O2. The second-order valence-corrected chi connectivity index (χ2v) is 6.14. The number of benzene rings is 2. The van der Waals surface area contributed by atoms with Crippen LogP contribution < -0.4 is 14.8 Å². The van der Waals surface area contributed by atoms with E-state index in [4.69, 9.17) is 14.6 Å². The molecule has 136 valence electrons. The lowest BCUT2D eigenvalue weighted by Gasteiger charge is -2.09. The number of methoxy groups -OCH3 is 2. The van der Waals surface area contributed by atoms with Crippen molar-refractivity contribution in [3.05, 3.63) is 66.4 Å². The van der Waals surface area contributed by atoms with Crippen molar-refractivity contribution in [1.29, 1.82) is 0 Å². The van der Waals surface area contributed by atoms with Crippen molar-refractivity contribution in [2.24, 2.45) is 0 Å². The van der Waals surface area contributed by atoms with Gasteiger partial charge in [0.1, 0.15) is 5.82 Å². The van der Waals surface area contributed by atoms with Gasteiger partial charge in [0.05, 0.1) is 19.9 Å². The van der Waals surface area contributed by atoms with Gasteiger partial charge in [0.2, 0.25) is 0 Å². The molecule has 6 heteroatoms. The van der Waals surface area contributed by atoms with Crippen LogP contribution in [0.15, 0.2) is 60.7 Å². The Balaban J connectivity index is 1.79. The minimum atomic E-state index is 0.666. The maximum atomic E-state index is 5.41. The first-order valence-electron chi connectivity index (χ1n) is 8.60. The number of aryl methyl sites for hydroxylation is 1. The first-order chi connectivity index (χ1) is 13.2. The van der Waals surface area contributed by atoms with Crippen LogP contribution in [0, 0.1) is 6.92 Å². The molecule has 2 aromatic heterocycles. The number of aromatic nitrogens is 3. The molecule has 2 aromatic carbocycles. The van der Waals surface area contributed by atoms with Crippen LogP contribution in [0.2, 0.25) is 0 Å². The number of nitrogens with zero attached hydrogens (tertiary/aromatic N) is 3. The van der Waals surface area contributed by atoms with Crippen molar-refractivity contribution in [2.45, 2.75) is 6.92 Å². The number of para-hydroxylation sites is 1. The summed E-state index contributed by atoms with van der Waals surface area (Å²) in [5, 5.41) is 8.16. The Hall–Kier alpha value is -3.54. The number of ether oxygens (including phenoxy) is 2. The number of nitrogens with one attached hydrogen (secondary N) is 1. The molecule has 0 saturated heterocycles. The van der Waals surface area contributed by atoms with E-state index >= 15 is 0 Å². The molecule has 0 aliphatic heterocycles. The molecule has 4 aromatic rings. The van der Waals surface area contributed by atoms with Gasteiger partial charge in [-0.1, -0.05) is 18.2 Å². The van der Waals surface area contributed by atoms with E-state index in [2.05, 4.69) is 10.3 Å². The Morgan fingerprint density at radius 3 is 2.41 bits per heavy atom. The predicted molar refractivity (Wildman–Crippen MR) is 106 cm³/mol. The molecule has 27 heavy (non-hydrogen) atoms. The average molecular weight is 360 g/mol. The van der Waals surface area contributed by atoms with Gasteiger partial charge in [-0.25, -0.2) is 4.98 Å². The second kappa shape index (κ2) is 6.99. The second-order valence-electron chi connectivity index (χ2n) is 6.14. The molecule has 0 saturated carbocycles. The van der Waals surface area contributed by atoms with Gasteiger partial charge in [-0.2, -0.15) is 9.61 Å². The van der Waals surface area contributed by atoms with Gasteiger partial charge in [0, 0.05) is 29.1 Å². The van der Waals surface area contributed by atoms with E-state index in [9.17, 15) is 0 Å². The molecule has 0 aliphatic carbocycles. The fraction of sp³-hybridized carbons (Fsp3) is 0.143. The zero-order valence-electron chi connectivity index (χ0n) is 15.4. The first-order valence-corrected chi connectivity index (χ1v) is 8.60. The lowest BCUT2D eigenvalue weighted by atomic mass is 10.1. The van der Waals surface area contributed by atoms with Gasteiger partial charge in [-0.15, -0.1) is 0 Å². The molecule has 6 nitrogen and oxygen atoms in total. The van der Waals surface area contributed by atoms with Crippen LogP contribution in [0.25, 0.3) is 16.9 Å². The Morgan fingerprint density at radius 1 is 0.889 bits per heavy atom. The van der Waals surface area contributed by atoms with Crippen LogP contribution in [0.1, 0.15) is 5.69 Å². The van der Waals surface area contributed by atoms with Gasteiger partial charge < -0.3 is 14.8 Å². The molecule has 4 rings (SSSR count). The van der Waals surface area contributed by atoms with Crippen LogP contribution in [-0.4, -0.2) is 28.8 Å². The van der Waals surface area contributed by atoms with Crippen LogP contribution in [0.5, 0.6) is 11.5 Å². The van der Waals surface area contributed by atoms with Gasteiger partial charge in [-0.05, 0) is 37.3 Å². The number of hydrogen-bond acceptors (Lipinski definition) is 5. The summed E-state index contributed by atoms with van der Waals surface area (Å²) < 4.78 is 12.5. The summed E-state index contributed by atoms with van der Waals surface area (Å²) in [5.41, 5.74) is 4.43. The fourth-order valence-electron chi connectivity index (χ4n) is 3.00. The number of fused-ring (bicyclic) bond motifs is 1. The first kappa shape index (κ1) is 16.9. The van der Waals surface area contributed by atoms with E-state index in [0.29, 0.717) is 11.5 Å². The molecule has 0 atom stereocenters. The van der Waals surface area contributed by atoms with Gasteiger partial charge in [0.15, 0.2) is 17.1 Å². The van der Waals surface area contributed by atoms with Crippen LogP contribution in [0.4, 0.5) is 11.5 Å². The van der Waals surface area contributed by atoms with Crippen LogP contribution in [0.3, 0.4) is 0 Å². The molecule has 0 fully saturated rings. The Kier molecular flexibility index (Phi) is 4.38. The summed E-state index contributed by atoms with van der Waals surface area (Å²) in [4.78, 5) is 4.60. The fourth-order valence-corrected chi connectivity index (χ4v) is 3.00. The molecule has 0 radical (unpaired) electrons. The molecule has 0 amide bonds. The van der Waals surface area contributed by atoms with Crippen molar-refractivity contribution in [3.8, 4) is 22.8 Å². The minimum Gasteiger partial charge on any atom is -0.493 e. The summed E-state index contributed by atoms with van der Waals surface area (Å²) in [6.07, 6.45) is 0. The summed E-state index contributed by atoms with van der Waals surface area (Å²) in [5.74, 6) is 2.21. The minimum absolute atomic E-state index is 0.666. The van der Waals surface area contributed by atoms with Crippen molar-refractivity contribution >= 4 is 17.2 Å². The van der Waals surface area contributed by atoms with E-state index in [-0.39, 0.29) is 0 Å². The van der Waals surface area contributed by atoms with Crippen LogP contribution >= 0.6 is 0 Å². The topological polar surface area (TPSA) is 60.7 Å². The largest absolute Gasteiger partial charge is 0.493 e. The third-order valence-electron chi connectivity index (χ3n) is 4.28. The molecule has 1 N–H and O–H groups in total. The molecule has 0 unspecified atom stereocenters. The lowest BCUT2D eigenvalue weighted by Crippen LogP contribution is -2.02. The summed E-state index contributed by atoms with van der Waals surface area (Å²) >= 11 is 0. The summed E-state index contributed by atoms with van der Waals surface area (Å²) in [6.45, 7) is 1.97. The van der Waals surface area contributed by atoms with E-state index < -0.39 is 0 Å². The lowest BCUT2D eigenvalue weighted by molar-refractivity contribution is 0.355. The summed E-state index contributed by atoms with van der Waals surface area (Å²) in [7, 11) is 3.24. The highest BCUT2D eigenvalue weighted by Crippen LogP contribution is 2.32. The highest BCUT2D eigenvalue weighted by Gasteiger charge is 2.12. The normalized spacial score (nSPS) is 10.8. The number of rotatable bonds is 5. The van der Waals surface area contributed by atoms with Gasteiger partial charge >= 0.3 is 0 Å². The van der Waals surface area contributed by atoms with E-state index in [1.807, 2.05) is 72.1 Å². The SMILES string of the molecule is COc1ccc(-c2cc3nc(C)cc(Nc4ccccc4)n3n2)cc1OC. The Labute approximate surface area is 157 Å². The van der Waals surface area contributed by atoms with Gasteiger partial charge in [-0.3, -0.25) is 0 Å². The monoisotopic (exact) mass is 360 g/mol. The zero-order chi connectivity index (χ0) is 18.8. The highest BCUT2D eigenvalue weighted by atomic mass is 16.5. The van der Waals surface area contributed by atoms with E-state index in [1.165, 1.54) is 0 Å². The number of anilines is 2.